The van der Waals surface area contributed by atoms with Gasteiger partial charge in [-0.05, 0) is 6.42 Å². The van der Waals surface area contributed by atoms with Crippen LogP contribution in [0.2, 0.25) is 0 Å². The number of hydrogen-bond acceptors (Lipinski definition) is 6. The van der Waals surface area contributed by atoms with Crippen LogP contribution in [0, 0.1) is 5.92 Å². The molecule has 0 bridgehead atoms. The minimum Gasteiger partial charge on any atom is -0.396 e. The van der Waals surface area contributed by atoms with E-state index < -0.39 is 30.3 Å². The monoisotopic (exact) mass is 237 g/mol. The van der Waals surface area contributed by atoms with Gasteiger partial charge in [0.15, 0.2) is 0 Å². The third-order valence-corrected chi connectivity index (χ3v) is 2.76. The number of aliphatic hydroxyl groups is 4. The summed E-state index contributed by atoms with van der Waals surface area (Å²) in [6, 6.07) is -0.804. The predicted octanol–water partition coefficient (Wildman–Crippen LogP) is -1.94. The summed E-state index contributed by atoms with van der Waals surface area (Å²) in [6.45, 7) is 1.27. The second-order valence-corrected chi connectivity index (χ2v) is 4.00. The van der Waals surface area contributed by atoms with Gasteiger partial charge in [-0.2, -0.15) is 0 Å². The molecule has 6 N–H and O–H groups in total. The highest BCUT2D eigenvalue weighted by atomic mass is 16.5. The average Bonchev–Trinajstić information content (AvgIpc) is 2.32. The maximum atomic E-state index is 9.77. The smallest absolute Gasteiger partial charge is 0.0978 e. The first-order valence-corrected chi connectivity index (χ1v) is 5.35. The van der Waals surface area contributed by atoms with Gasteiger partial charge < -0.3 is 30.9 Å². The highest BCUT2D eigenvalue weighted by Gasteiger charge is 2.32. The van der Waals surface area contributed by atoms with Crippen molar-refractivity contribution in [2.45, 2.75) is 37.7 Å². The van der Waals surface area contributed by atoms with Gasteiger partial charge in [0.2, 0.25) is 0 Å². The van der Waals surface area contributed by atoms with Crippen molar-refractivity contribution in [3.63, 3.8) is 0 Å². The van der Waals surface area contributed by atoms with E-state index in [1.807, 2.05) is 0 Å². The predicted molar refractivity (Wildman–Crippen MR) is 58.7 cm³/mol. The fourth-order valence-electron chi connectivity index (χ4n) is 1.49. The molecule has 0 saturated carbocycles. The molecule has 6 nitrogen and oxygen atoms in total. The van der Waals surface area contributed by atoms with Crippen molar-refractivity contribution >= 4 is 0 Å². The van der Waals surface area contributed by atoms with Crippen molar-refractivity contribution in [3.05, 3.63) is 0 Å². The van der Waals surface area contributed by atoms with E-state index in [-0.39, 0.29) is 19.6 Å². The molecule has 0 rings (SSSR count). The number of hydrogen-bond donors (Lipinski definition) is 5. The summed E-state index contributed by atoms with van der Waals surface area (Å²) >= 11 is 0. The first kappa shape index (κ1) is 15.8. The van der Waals surface area contributed by atoms with E-state index in [2.05, 4.69) is 0 Å². The summed E-state index contributed by atoms with van der Waals surface area (Å²) in [5.41, 5.74) is 5.72. The Morgan fingerprint density at radius 3 is 2.12 bits per heavy atom. The second-order valence-electron chi connectivity index (χ2n) is 4.00. The van der Waals surface area contributed by atoms with E-state index in [9.17, 15) is 10.2 Å². The van der Waals surface area contributed by atoms with Gasteiger partial charge in [-0.3, -0.25) is 0 Å². The first-order valence-electron chi connectivity index (χ1n) is 5.35. The van der Waals surface area contributed by atoms with Crippen molar-refractivity contribution in [1.29, 1.82) is 0 Å². The van der Waals surface area contributed by atoms with Crippen molar-refractivity contribution in [3.8, 4) is 0 Å². The quantitative estimate of drug-likeness (QED) is 0.335. The van der Waals surface area contributed by atoms with Crippen LogP contribution in [0.15, 0.2) is 0 Å². The Morgan fingerprint density at radius 2 is 1.75 bits per heavy atom. The fourth-order valence-corrected chi connectivity index (χ4v) is 1.49. The van der Waals surface area contributed by atoms with E-state index in [0.717, 1.165) is 0 Å². The molecular formula is C10H23NO5. The third-order valence-electron chi connectivity index (χ3n) is 2.76. The SMILES string of the molecule is COC(CCO)C(N)C(O)C(O)C(C)CO. The minimum absolute atomic E-state index is 0.107. The van der Waals surface area contributed by atoms with Crippen LogP contribution in [0.4, 0.5) is 0 Å². The second kappa shape index (κ2) is 7.94. The third kappa shape index (κ3) is 4.32. The molecule has 0 aliphatic rings. The number of rotatable bonds is 8. The minimum atomic E-state index is -1.20. The van der Waals surface area contributed by atoms with Gasteiger partial charge in [-0.1, -0.05) is 6.92 Å². The van der Waals surface area contributed by atoms with E-state index >= 15 is 0 Å². The maximum absolute atomic E-state index is 9.77. The van der Waals surface area contributed by atoms with Crippen LogP contribution >= 0.6 is 0 Å². The van der Waals surface area contributed by atoms with Gasteiger partial charge >= 0.3 is 0 Å². The molecule has 0 aliphatic heterocycles. The lowest BCUT2D eigenvalue weighted by Gasteiger charge is -2.31. The van der Waals surface area contributed by atoms with Crippen LogP contribution in [0.5, 0.6) is 0 Å². The zero-order valence-electron chi connectivity index (χ0n) is 9.78. The molecule has 98 valence electrons. The summed E-state index contributed by atoms with van der Waals surface area (Å²) in [6.07, 6.45) is -2.55. The Kier molecular flexibility index (Phi) is 7.82. The lowest BCUT2D eigenvalue weighted by Crippen LogP contribution is -2.53. The van der Waals surface area contributed by atoms with E-state index in [0.29, 0.717) is 0 Å². The fraction of sp³-hybridized carbons (Fsp3) is 1.00. The number of aliphatic hydroxyl groups excluding tert-OH is 4. The number of methoxy groups -OCH3 is 1. The van der Waals surface area contributed by atoms with Crippen molar-refractivity contribution < 1.29 is 25.2 Å². The molecule has 0 radical (unpaired) electrons. The van der Waals surface area contributed by atoms with Gasteiger partial charge in [-0.25, -0.2) is 0 Å². The van der Waals surface area contributed by atoms with Crippen LogP contribution < -0.4 is 5.73 Å². The topological polar surface area (TPSA) is 116 Å². The van der Waals surface area contributed by atoms with E-state index in [4.69, 9.17) is 20.7 Å². The van der Waals surface area contributed by atoms with Crippen LogP contribution in [-0.2, 0) is 4.74 Å². The van der Waals surface area contributed by atoms with Gasteiger partial charge in [-0.15, -0.1) is 0 Å². The zero-order chi connectivity index (χ0) is 12.7. The Bertz CT molecular complexity index is 175. The molecule has 0 fully saturated rings. The molecule has 0 aromatic carbocycles. The summed E-state index contributed by atoms with van der Waals surface area (Å²) in [7, 11) is 1.43. The van der Waals surface area contributed by atoms with Crippen LogP contribution in [0.25, 0.3) is 0 Å². The molecule has 5 unspecified atom stereocenters. The summed E-state index contributed by atoms with van der Waals surface area (Å²) in [4.78, 5) is 0. The lowest BCUT2D eigenvalue weighted by atomic mass is 9.92. The highest BCUT2D eigenvalue weighted by Crippen LogP contribution is 2.13. The first-order chi connectivity index (χ1) is 7.49. The van der Waals surface area contributed by atoms with Gasteiger partial charge in [0.05, 0.1) is 24.4 Å². The summed E-state index contributed by atoms with van der Waals surface area (Å²) in [5.74, 6) is -0.465. The Balaban J connectivity index is 4.38. The lowest BCUT2D eigenvalue weighted by molar-refractivity contribution is -0.0685. The Hall–Kier alpha value is -0.240. The van der Waals surface area contributed by atoms with Crippen molar-refractivity contribution in [2.75, 3.05) is 20.3 Å². The van der Waals surface area contributed by atoms with Gasteiger partial charge in [0.25, 0.3) is 0 Å². The van der Waals surface area contributed by atoms with E-state index in [1.54, 1.807) is 6.92 Å². The summed E-state index contributed by atoms with van der Waals surface area (Å²) in [5, 5.41) is 37.1. The maximum Gasteiger partial charge on any atom is 0.0978 e. The van der Waals surface area contributed by atoms with Crippen LogP contribution in [-0.4, -0.2) is 65.1 Å². The molecule has 0 saturated heterocycles. The van der Waals surface area contributed by atoms with Crippen molar-refractivity contribution in [1.82, 2.24) is 0 Å². The molecular weight excluding hydrogens is 214 g/mol. The zero-order valence-corrected chi connectivity index (χ0v) is 9.78. The molecule has 0 spiro atoms. The summed E-state index contributed by atoms with van der Waals surface area (Å²) < 4.78 is 5.02. The highest BCUT2D eigenvalue weighted by molar-refractivity contribution is 4.87. The normalized spacial score (nSPS) is 21.2. The van der Waals surface area contributed by atoms with Gasteiger partial charge in [0, 0.05) is 26.2 Å². The molecule has 0 heterocycles. The van der Waals surface area contributed by atoms with Crippen LogP contribution in [0.3, 0.4) is 0 Å². The van der Waals surface area contributed by atoms with Crippen LogP contribution in [0.1, 0.15) is 13.3 Å². The number of nitrogens with two attached hydrogens (primary N) is 1. The molecule has 0 amide bonds. The molecule has 5 atom stereocenters. The molecule has 16 heavy (non-hydrogen) atoms. The number of ether oxygens (including phenoxy) is 1. The molecule has 0 aliphatic carbocycles. The van der Waals surface area contributed by atoms with E-state index in [1.165, 1.54) is 7.11 Å². The largest absolute Gasteiger partial charge is 0.396 e. The van der Waals surface area contributed by atoms with Crippen molar-refractivity contribution in [2.24, 2.45) is 11.7 Å². The molecule has 6 heteroatoms. The average molecular weight is 237 g/mol. The Morgan fingerprint density at radius 1 is 1.19 bits per heavy atom. The Labute approximate surface area is 95.7 Å². The molecule has 0 aromatic heterocycles. The molecule has 0 aromatic rings. The standard InChI is InChI=1S/C10H23NO5/c1-6(5-13)9(14)10(15)8(11)7(16-2)3-4-12/h6-10,12-15H,3-5,11H2,1-2H3. The van der Waals surface area contributed by atoms with Gasteiger partial charge in [0.1, 0.15) is 0 Å².